The second-order valence-corrected chi connectivity index (χ2v) is 4.61. The first-order valence-electron chi connectivity index (χ1n) is 6.12. The molecular formula is C14H13ClN2O4. The van der Waals surface area contributed by atoms with Gasteiger partial charge in [0.2, 0.25) is 0 Å². The van der Waals surface area contributed by atoms with Crippen LogP contribution in [0.15, 0.2) is 47.1 Å². The summed E-state index contributed by atoms with van der Waals surface area (Å²) < 4.78 is 5.06. The molecule has 2 amide bonds. The van der Waals surface area contributed by atoms with Crippen LogP contribution < -0.4 is 10.6 Å². The van der Waals surface area contributed by atoms with Gasteiger partial charge in [-0.25, -0.2) is 9.59 Å². The number of carboxylic acids is 1. The van der Waals surface area contributed by atoms with Gasteiger partial charge in [-0.1, -0.05) is 29.8 Å². The van der Waals surface area contributed by atoms with Gasteiger partial charge in [-0.05, 0) is 18.2 Å². The molecule has 0 aliphatic rings. The van der Waals surface area contributed by atoms with Crippen LogP contribution in [-0.2, 0) is 11.3 Å². The first kappa shape index (κ1) is 14.9. The highest BCUT2D eigenvalue weighted by atomic mass is 35.5. The smallest absolute Gasteiger partial charge is 0.331 e. The van der Waals surface area contributed by atoms with Gasteiger partial charge in [0.25, 0.3) is 0 Å². The molecule has 21 heavy (non-hydrogen) atoms. The van der Waals surface area contributed by atoms with E-state index < -0.39 is 18.0 Å². The summed E-state index contributed by atoms with van der Waals surface area (Å²) in [6, 6.07) is 7.99. The predicted molar refractivity (Wildman–Crippen MR) is 75.9 cm³/mol. The summed E-state index contributed by atoms with van der Waals surface area (Å²) in [5.41, 5.74) is 0.319. The standard InChI is InChI=1S/C14H13ClN2O4/c15-11-6-2-1-5-10(11)12(13(18)19)17-14(20)16-8-9-4-3-7-21-9/h1-7,12H,8H2,(H,18,19)(H2,16,17,20)/t12-/m1/s1. The molecular weight excluding hydrogens is 296 g/mol. The number of halogens is 1. The monoisotopic (exact) mass is 308 g/mol. The highest BCUT2D eigenvalue weighted by Crippen LogP contribution is 2.22. The lowest BCUT2D eigenvalue weighted by Crippen LogP contribution is -2.40. The van der Waals surface area contributed by atoms with Crippen molar-refractivity contribution in [2.75, 3.05) is 0 Å². The molecule has 0 saturated heterocycles. The van der Waals surface area contributed by atoms with Crippen LogP contribution in [0.1, 0.15) is 17.4 Å². The summed E-state index contributed by atoms with van der Waals surface area (Å²) in [5, 5.41) is 14.4. The van der Waals surface area contributed by atoms with Crippen LogP contribution in [0.3, 0.4) is 0 Å². The van der Waals surface area contributed by atoms with Crippen molar-refractivity contribution in [2.45, 2.75) is 12.6 Å². The van der Waals surface area contributed by atoms with E-state index in [2.05, 4.69) is 10.6 Å². The Morgan fingerprint density at radius 1 is 1.24 bits per heavy atom. The summed E-state index contributed by atoms with van der Waals surface area (Å²) in [7, 11) is 0. The van der Waals surface area contributed by atoms with Crippen LogP contribution in [0.2, 0.25) is 5.02 Å². The van der Waals surface area contributed by atoms with Crippen LogP contribution in [0.4, 0.5) is 4.79 Å². The highest BCUT2D eigenvalue weighted by molar-refractivity contribution is 6.31. The Kier molecular flexibility index (Phi) is 4.84. The molecule has 3 N–H and O–H groups in total. The Labute approximate surface area is 125 Å². The van der Waals surface area contributed by atoms with E-state index in [0.717, 1.165) is 0 Å². The molecule has 0 unspecified atom stereocenters. The van der Waals surface area contributed by atoms with Gasteiger partial charge >= 0.3 is 12.0 Å². The van der Waals surface area contributed by atoms with Gasteiger partial charge in [0.1, 0.15) is 5.76 Å². The van der Waals surface area contributed by atoms with Crippen molar-refractivity contribution in [1.29, 1.82) is 0 Å². The molecule has 0 saturated carbocycles. The molecule has 0 bridgehead atoms. The normalized spacial score (nSPS) is 11.7. The molecule has 0 radical (unpaired) electrons. The van der Waals surface area contributed by atoms with Crippen molar-refractivity contribution in [3.05, 3.63) is 59.0 Å². The van der Waals surface area contributed by atoms with Gasteiger partial charge < -0.3 is 20.2 Å². The lowest BCUT2D eigenvalue weighted by atomic mass is 10.1. The number of hydrogen-bond acceptors (Lipinski definition) is 3. The number of benzene rings is 1. The van der Waals surface area contributed by atoms with E-state index in [1.165, 1.54) is 6.26 Å². The first-order valence-corrected chi connectivity index (χ1v) is 6.49. The summed E-state index contributed by atoms with van der Waals surface area (Å²) in [6.45, 7) is 0.160. The number of furan rings is 1. The number of amides is 2. The van der Waals surface area contributed by atoms with Gasteiger partial charge in [0.15, 0.2) is 6.04 Å². The van der Waals surface area contributed by atoms with Crippen LogP contribution in [0.5, 0.6) is 0 Å². The second kappa shape index (κ2) is 6.81. The molecule has 1 aromatic heterocycles. The third kappa shape index (κ3) is 4.00. The van der Waals surface area contributed by atoms with Gasteiger partial charge in [0, 0.05) is 10.6 Å². The Balaban J connectivity index is 2.01. The van der Waals surface area contributed by atoms with Gasteiger partial charge in [-0.15, -0.1) is 0 Å². The Morgan fingerprint density at radius 2 is 2.00 bits per heavy atom. The van der Waals surface area contributed by atoms with E-state index in [-0.39, 0.29) is 11.6 Å². The molecule has 0 spiro atoms. The summed E-state index contributed by atoms with van der Waals surface area (Å²) in [4.78, 5) is 23.1. The zero-order valence-corrected chi connectivity index (χ0v) is 11.6. The van der Waals surface area contributed by atoms with E-state index in [0.29, 0.717) is 11.3 Å². The van der Waals surface area contributed by atoms with Gasteiger partial charge in [-0.2, -0.15) is 0 Å². The minimum Gasteiger partial charge on any atom is -0.479 e. The fourth-order valence-corrected chi connectivity index (χ4v) is 1.99. The Bertz CT molecular complexity index is 628. The number of rotatable bonds is 5. The zero-order chi connectivity index (χ0) is 15.2. The number of nitrogens with one attached hydrogen (secondary N) is 2. The van der Waals surface area contributed by atoms with Crippen molar-refractivity contribution in [3.63, 3.8) is 0 Å². The number of urea groups is 1. The highest BCUT2D eigenvalue weighted by Gasteiger charge is 2.24. The number of hydrogen-bond donors (Lipinski definition) is 3. The predicted octanol–water partition coefficient (Wildman–Crippen LogP) is 2.56. The molecule has 1 atom stereocenters. The number of carbonyl (C=O) groups is 2. The van der Waals surface area contributed by atoms with Crippen molar-refractivity contribution in [2.24, 2.45) is 0 Å². The maximum absolute atomic E-state index is 11.8. The molecule has 1 aromatic carbocycles. The fraction of sp³-hybridized carbons (Fsp3) is 0.143. The van der Waals surface area contributed by atoms with Crippen molar-refractivity contribution >= 4 is 23.6 Å². The molecule has 2 aromatic rings. The quantitative estimate of drug-likeness (QED) is 0.791. The average Bonchev–Trinajstić information content (AvgIpc) is 2.96. The Hall–Kier alpha value is -2.47. The van der Waals surface area contributed by atoms with Crippen molar-refractivity contribution in [3.8, 4) is 0 Å². The molecule has 0 aliphatic carbocycles. The third-order valence-electron chi connectivity index (χ3n) is 2.74. The summed E-state index contributed by atoms with van der Waals surface area (Å²) >= 11 is 5.95. The van der Waals surface area contributed by atoms with Crippen molar-refractivity contribution < 1.29 is 19.1 Å². The van der Waals surface area contributed by atoms with Crippen LogP contribution in [0.25, 0.3) is 0 Å². The molecule has 2 rings (SSSR count). The number of carboxylic acid groups (broad SMARTS) is 1. The first-order chi connectivity index (χ1) is 10.1. The molecule has 1 heterocycles. The molecule has 7 heteroatoms. The van der Waals surface area contributed by atoms with E-state index >= 15 is 0 Å². The fourth-order valence-electron chi connectivity index (χ4n) is 1.74. The van der Waals surface area contributed by atoms with E-state index in [1.807, 2.05) is 0 Å². The van der Waals surface area contributed by atoms with Crippen LogP contribution in [0, 0.1) is 0 Å². The maximum Gasteiger partial charge on any atom is 0.331 e. The largest absolute Gasteiger partial charge is 0.479 e. The van der Waals surface area contributed by atoms with E-state index in [1.54, 1.807) is 36.4 Å². The minimum atomic E-state index is -1.23. The summed E-state index contributed by atoms with van der Waals surface area (Å²) in [6.07, 6.45) is 1.48. The topological polar surface area (TPSA) is 91.6 Å². The number of carbonyl (C=O) groups excluding carboxylic acids is 1. The van der Waals surface area contributed by atoms with Crippen molar-refractivity contribution in [1.82, 2.24) is 10.6 Å². The van der Waals surface area contributed by atoms with E-state index in [9.17, 15) is 14.7 Å². The molecule has 0 aliphatic heterocycles. The van der Waals surface area contributed by atoms with Gasteiger partial charge in [0.05, 0.1) is 12.8 Å². The van der Waals surface area contributed by atoms with Crippen LogP contribution >= 0.6 is 11.6 Å². The SMILES string of the molecule is O=C(NCc1ccco1)N[C@@H](C(=O)O)c1ccccc1Cl. The zero-order valence-electron chi connectivity index (χ0n) is 10.9. The Morgan fingerprint density at radius 3 is 2.62 bits per heavy atom. The minimum absolute atomic E-state index is 0.160. The molecule has 6 nitrogen and oxygen atoms in total. The van der Waals surface area contributed by atoms with Crippen LogP contribution in [-0.4, -0.2) is 17.1 Å². The lowest BCUT2D eigenvalue weighted by Gasteiger charge is -2.16. The number of aliphatic carboxylic acids is 1. The third-order valence-corrected chi connectivity index (χ3v) is 3.09. The summed E-state index contributed by atoms with van der Waals surface area (Å²) in [5.74, 6) is -0.633. The lowest BCUT2D eigenvalue weighted by molar-refractivity contribution is -0.139. The average molecular weight is 309 g/mol. The molecule has 110 valence electrons. The second-order valence-electron chi connectivity index (χ2n) is 4.20. The maximum atomic E-state index is 11.8. The molecule has 0 fully saturated rings. The van der Waals surface area contributed by atoms with E-state index in [4.69, 9.17) is 16.0 Å². The van der Waals surface area contributed by atoms with Gasteiger partial charge in [-0.3, -0.25) is 0 Å².